The Morgan fingerprint density at radius 3 is 2.50 bits per heavy atom. The quantitative estimate of drug-likeness (QED) is 0.874. The molecule has 8 heteroatoms. The number of halogens is 4. The lowest BCUT2D eigenvalue weighted by molar-refractivity contribution is -0.141. The molecular weight excluding hydrogens is 319 g/mol. The topological polar surface area (TPSA) is 47.0 Å². The molecule has 1 saturated heterocycles. The first-order valence-electron chi connectivity index (χ1n) is 6.48. The predicted octanol–water partition coefficient (Wildman–Crippen LogP) is 3.63. The van der Waals surface area contributed by atoms with E-state index in [1.54, 1.807) is 18.2 Å². The number of rotatable bonds is 3. The SMILES string of the molecule is FC(F)(F)c1cc(NC2COC2)cc(-c2cccc(Cl)n2)n1. The van der Waals surface area contributed by atoms with Crippen molar-refractivity contribution in [1.29, 1.82) is 0 Å². The molecule has 1 fully saturated rings. The normalized spacial score (nSPS) is 15.5. The smallest absolute Gasteiger partial charge is 0.378 e. The number of anilines is 1. The number of nitrogens with zero attached hydrogens (tertiary/aromatic N) is 2. The van der Waals surface area contributed by atoms with Crippen LogP contribution in [-0.4, -0.2) is 29.2 Å². The molecule has 0 unspecified atom stereocenters. The van der Waals surface area contributed by atoms with Crippen LogP contribution in [0.5, 0.6) is 0 Å². The summed E-state index contributed by atoms with van der Waals surface area (Å²) >= 11 is 5.79. The third-order valence-corrected chi connectivity index (χ3v) is 3.31. The highest BCUT2D eigenvalue weighted by Crippen LogP contribution is 2.32. The number of ether oxygens (including phenoxy) is 1. The summed E-state index contributed by atoms with van der Waals surface area (Å²) in [6.07, 6.45) is -4.54. The van der Waals surface area contributed by atoms with Gasteiger partial charge < -0.3 is 10.1 Å². The van der Waals surface area contributed by atoms with Gasteiger partial charge in [0, 0.05) is 5.69 Å². The van der Waals surface area contributed by atoms with Crippen molar-refractivity contribution in [2.45, 2.75) is 12.2 Å². The van der Waals surface area contributed by atoms with Gasteiger partial charge in [-0.05, 0) is 24.3 Å². The summed E-state index contributed by atoms with van der Waals surface area (Å²) in [5.74, 6) is 0. The maximum Gasteiger partial charge on any atom is 0.433 e. The van der Waals surface area contributed by atoms with E-state index in [4.69, 9.17) is 16.3 Å². The van der Waals surface area contributed by atoms with Crippen molar-refractivity contribution in [3.63, 3.8) is 0 Å². The van der Waals surface area contributed by atoms with E-state index in [9.17, 15) is 13.2 Å². The summed E-state index contributed by atoms with van der Waals surface area (Å²) in [5, 5.41) is 3.18. The van der Waals surface area contributed by atoms with Crippen molar-refractivity contribution < 1.29 is 17.9 Å². The van der Waals surface area contributed by atoms with Crippen LogP contribution in [0.25, 0.3) is 11.4 Å². The van der Waals surface area contributed by atoms with Crippen molar-refractivity contribution in [1.82, 2.24) is 9.97 Å². The molecule has 116 valence electrons. The Kier molecular flexibility index (Phi) is 3.92. The number of pyridine rings is 2. The maximum atomic E-state index is 13.0. The predicted molar refractivity (Wildman–Crippen MR) is 75.7 cm³/mol. The van der Waals surface area contributed by atoms with Crippen LogP contribution in [0.4, 0.5) is 18.9 Å². The molecule has 0 radical (unpaired) electrons. The van der Waals surface area contributed by atoms with Crippen LogP contribution < -0.4 is 5.32 Å². The highest BCUT2D eigenvalue weighted by Gasteiger charge is 2.34. The fraction of sp³-hybridized carbons (Fsp3) is 0.286. The third-order valence-electron chi connectivity index (χ3n) is 3.10. The highest BCUT2D eigenvalue weighted by molar-refractivity contribution is 6.29. The minimum absolute atomic E-state index is 0.00338. The maximum absolute atomic E-state index is 13.0. The molecule has 1 aliphatic heterocycles. The summed E-state index contributed by atoms with van der Waals surface area (Å²) in [7, 11) is 0. The lowest BCUT2D eigenvalue weighted by Crippen LogP contribution is -2.40. The molecule has 0 aromatic carbocycles. The van der Waals surface area contributed by atoms with E-state index < -0.39 is 11.9 Å². The molecule has 3 rings (SSSR count). The number of hydrogen-bond donors (Lipinski definition) is 1. The van der Waals surface area contributed by atoms with Crippen LogP contribution in [0.2, 0.25) is 5.15 Å². The molecule has 3 heterocycles. The van der Waals surface area contributed by atoms with E-state index in [-0.39, 0.29) is 22.6 Å². The molecule has 2 aromatic rings. The summed E-state index contributed by atoms with van der Waals surface area (Å²) in [6.45, 7) is 0.933. The van der Waals surface area contributed by atoms with Crippen LogP contribution >= 0.6 is 11.6 Å². The minimum atomic E-state index is -4.54. The van der Waals surface area contributed by atoms with Crippen LogP contribution in [0, 0.1) is 0 Å². The molecule has 1 N–H and O–H groups in total. The van der Waals surface area contributed by atoms with E-state index in [0.717, 1.165) is 6.07 Å². The zero-order valence-electron chi connectivity index (χ0n) is 11.2. The van der Waals surface area contributed by atoms with Gasteiger partial charge in [-0.2, -0.15) is 13.2 Å². The molecule has 1 aliphatic rings. The summed E-state index contributed by atoms with van der Waals surface area (Å²) in [5.41, 5.74) is -0.256. The number of aromatic nitrogens is 2. The molecule has 4 nitrogen and oxygen atoms in total. The van der Waals surface area contributed by atoms with Crippen molar-refractivity contribution in [3.8, 4) is 11.4 Å². The number of nitrogens with one attached hydrogen (secondary N) is 1. The standard InChI is InChI=1S/C14H11ClF3N3O/c15-13-3-1-2-10(21-13)11-4-8(19-9-6-22-7-9)5-12(20-11)14(16,17)18/h1-5,9H,6-7H2,(H,19,20). The average Bonchev–Trinajstić information content (AvgIpc) is 2.42. The summed E-state index contributed by atoms with van der Waals surface area (Å²) < 4.78 is 44.0. The lowest BCUT2D eigenvalue weighted by Gasteiger charge is -2.28. The Hall–Kier alpha value is -1.86. The van der Waals surface area contributed by atoms with Gasteiger partial charge in [-0.1, -0.05) is 17.7 Å². The Morgan fingerprint density at radius 1 is 1.14 bits per heavy atom. The Bertz CT molecular complexity index is 689. The largest absolute Gasteiger partial charge is 0.433 e. The second-order valence-corrected chi connectivity index (χ2v) is 5.24. The minimum Gasteiger partial charge on any atom is -0.378 e. The van der Waals surface area contributed by atoms with Crippen LogP contribution in [0.1, 0.15) is 5.69 Å². The van der Waals surface area contributed by atoms with E-state index in [2.05, 4.69) is 15.3 Å². The fourth-order valence-electron chi connectivity index (χ4n) is 2.00. The molecule has 2 aromatic heterocycles. The Balaban J connectivity index is 2.02. The van der Waals surface area contributed by atoms with Crippen LogP contribution in [0.3, 0.4) is 0 Å². The second kappa shape index (κ2) is 5.73. The van der Waals surface area contributed by atoms with Crippen molar-refractivity contribution in [3.05, 3.63) is 41.2 Å². The zero-order valence-corrected chi connectivity index (χ0v) is 11.9. The van der Waals surface area contributed by atoms with Gasteiger partial charge in [-0.3, -0.25) is 0 Å². The van der Waals surface area contributed by atoms with Gasteiger partial charge >= 0.3 is 6.18 Å². The number of alkyl halides is 3. The molecule has 0 amide bonds. The van der Waals surface area contributed by atoms with Gasteiger partial charge in [0.05, 0.1) is 30.6 Å². The molecule has 22 heavy (non-hydrogen) atoms. The molecule has 0 bridgehead atoms. The van der Waals surface area contributed by atoms with E-state index >= 15 is 0 Å². The average molecular weight is 330 g/mol. The monoisotopic (exact) mass is 329 g/mol. The first-order valence-corrected chi connectivity index (χ1v) is 6.86. The molecule has 0 saturated carbocycles. The van der Waals surface area contributed by atoms with Crippen LogP contribution in [-0.2, 0) is 10.9 Å². The molecule has 0 atom stereocenters. The molecular formula is C14H11ClF3N3O. The van der Waals surface area contributed by atoms with Gasteiger partial charge in [0.1, 0.15) is 10.8 Å². The summed E-state index contributed by atoms with van der Waals surface area (Å²) in [6, 6.07) is 7.22. The van der Waals surface area contributed by atoms with Gasteiger partial charge in [-0.25, -0.2) is 9.97 Å². The first-order chi connectivity index (χ1) is 10.4. The Morgan fingerprint density at radius 2 is 1.91 bits per heavy atom. The molecule has 0 spiro atoms. The lowest BCUT2D eigenvalue weighted by atomic mass is 10.1. The fourth-order valence-corrected chi connectivity index (χ4v) is 2.16. The Labute approximate surface area is 129 Å². The first kappa shape index (κ1) is 15.1. The van der Waals surface area contributed by atoms with E-state index in [0.29, 0.717) is 18.9 Å². The van der Waals surface area contributed by atoms with Crippen LogP contribution in [0.15, 0.2) is 30.3 Å². The van der Waals surface area contributed by atoms with Crippen molar-refractivity contribution in [2.24, 2.45) is 0 Å². The van der Waals surface area contributed by atoms with E-state index in [1.165, 1.54) is 6.07 Å². The van der Waals surface area contributed by atoms with Crippen molar-refractivity contribution in [2.75, 3.05) is 18.5 Å². The van der Waals surface area contributed by atoms with E-state index in [1.807, 2.05) is 0 Å². The molecule has 0 aliphatic carbocycles. The van der Waals surface area contributed by atoms with Crippen molar-refractivity contribution >= 4 is 17.3 Å². The third kappa shape index (κ3) is 3.31. The second-order valence-electron chi connectivity index (χ2n) is 4.85. The van der Waals surface area contributed by atoms with Gasteiger partial charge in [0.15, 0.2) is 0 Å². The zero-order chi connectivity index (χ0) is 15.7. The number of hydrogen-bond acceptors (Lipinski definition) is 4. The van der Waals surface area contributed by atoms with Gasteiger partial charge in [0.25, 0.3) is 0 Å². The van der Waals surface area contributed by atoms with Gasteiger partial charge in [-0.15, -0.1) is 0 Å². The van der Waals surface area contributed by atoms with Gasteiger partial charge in [0.2, 0.25) is 0 Å². The highest BCUT2D eigenvalue weighted by atomic mass is 35.5. The summed E-state index contributed by atoms with van der Waals surface area (Å²) in [4.78, 5) is 7.65.